The first-order chi connectivity index (χ1) is 11.7. The lowest BCUT2D eigenvalue weighted by atomic mass is 9.92. The van der Waals surface area contributed by atoms with E-state index in [1.54, 1.807) is 11.3 Å². The van der Waals surface area contributed by atoms with Gasteiger partial charge in [-0.2, -0.15) is 11.3 Å². The Balaban J connectivity index is 1.52. The second-order valence-corrected chi connectivity index (χ2v) is 7.67. The van der Waals surface area contributed by atoms with E-state index in [-0.39, 0.29) is 5.91 Å². The Kier molecular flexibility index (Phi) is 4.37. The summed E-state index contributed by atoms with van der Waals surface area (Å²) in [4.78, 5) is 19.7. The lowest BCUT2D eigenvalue weighted by molar-refractivity contribution is 0.0757. The van der Waals surface area contributed by atoms with Crippen LogP contribution >= 0.6 is 11.3 Å². The fraction of sp³-hybridized carbons (Fsp3) is 0.474. The zero-order valence-electron chi connectivity index (χ0n) is 14.0. The summed E-state index contributed by atoms with van der Waals surface area (Å²) in [5.74, 6) is 1.62. The maximum Gasteiger partial charge on any atom is 0.255 e. The lowest BCUT2D eigenvalue weighted by Gasteiger charge is -2.22. The normalized spacial score (nSPS) is 23.8. The number of pyridine rings is 1. The van der Waals surface area contributed by atoms with Crippen LogP contribution < -0.4 is 5.32 Å². The van der Waals surface area contributed by atoms with Crippen LogP contribution in [0.3, 0.4) is 0 Å². The van der Waals surface area contributed by atoms with Crippen LogP contribution in [0.4, 0.5) is 0 Å². The number of hydrogen-bond donors (Lipinski definition) is 1. The van der Waals surface area contributed by atoms with E-state index < -0.39 is 0 Å². The van der Waals surface area contributed by atoms with E-state index in [9.17, 15) is 4.79 Å². The Morgan fingerprint density at radius 3 is 2.58 bits per heavy atom. The zero-order chi connectivity index (χ0) is 16.5. The summed E-state index contributed by atoms with van der Waals surface area (Å²) in [6, 6.07) is 5.99. The van der Waals surface area contributed by atoms with Gasteiger partial charge in [0.1, 0.15) is 0 Å². The van der Waals surface area contributed by atoms with Crippen molar-refractivity contribution in [2.24, 2.45) is 11.8 Å². The van der Waals surface area contributed by atoms with Gasteiger partial charge in [0.05, 0.1) is 17.0 Å². The summed E-state index contributed by atoms with van der Waals surface area (Å²) in [5, 5.41) is 7.62. The number of carbonyl (C=O) groups excluding carboxylic acids is 1. The molecule has 4 rings (SSSR count). The van der Waals surface area contributed by atoms with Gasteiger partial charge in [-0.3, -0.25) is 9.78 Å². The second-order valence-electron chi connectivity index (χ2n) is 6.89. The summed E-state index contributed by atoms with van der Waals surface area (Å²) in [6.07, 6.45) is 2.23. The molecule has 0 bridgehead atoms. The van der Waals surface area contributed by atoms with E-state index in [1.807, 2.05) is 29.3 Å². The first kappa shape index (κ1) is 15.8. The summed E-state index contributed by atoms with van der Waals surface area (Å²) in [7, 11) is 0. The van der Waals surface area contributed by atoms with Gasteiger partial charge in [0.25, 0.3) is 5.91 Å². The quantitative estimate of drug-likeness (QED) is 0.912. The van der Waals surface area contributed by atoms with Crippen molar-refractivity contribution in [2.45, 2.75) is 19.8 Å². The van der Waals surface area contributed by atoms with E-state index in [1.165, 1.54) is 0 Å². The smallest absolute Gasteiger partial charge is 0.255 e. The van der Waals surface area contributed by atoms with Gasteiger partial charge in [-0.1, -0.05) is 0 Å². The van der Waals surface area contributed by atoms with Crippen LogP contribution in [0.5, 0.6) is 0 Å². The number of likely N-dealkylation sites (tertiary alicyclic amines) is 1. The fourth-order valence-electron chi connectivity index (χ4n) is 3.95. The molecule has 126 valence electrons. The molecule has 1 N–H and O–H groups in total. The Morgan fingerprint density at radius 2 is 1.96 bits per heavy atom. The number of nitrogens with one attached hydrogen (secondary N) is 1. The van der Waals surface area contributed by atoms with Crippen molar-refractivity contribution in [3.8, 4) is 11.3 Å². The van der Waals surface area contributed by atoms with E-state index in [2.05, 4.69) is 21.7 Å². The summed E-state index contributed by atoms with van der Waals surface area (Å²) < 4.78 is 0. The predicted molar refractivity (Wildman–Crippen MR) is 97.3 cm³/mol. The van der Waals surface area contributed by atoms with Crippen molar-refractivity contribution in [3.63, 3.8) is 0 Å². The first-order valence-electron chi connectivity index (χ1n) is 8.72. The van der Waals surface area contributed by atoms with Gasteiger partial charge in [0.15, 0.2) is 0 Å². The fourth-order valence-corrected chi connectivity index (χ4v) is 4.60. The van der Waals surface area contributed by atoms with E-state index >= 15 is 0 Å². The van der Waals surface area contributed by atoms with Crippen molar-refractivity contribution in [3.05, 3.63) is 40.2 Å². The van der Waals surface area contributed by atoms with Crippen LogP contribution in [0.2, 0.25) is 0 Å². The highest BCUT2D eigenvalue weighted by molar-refractivity contribution is 7.08. The largest absolute Gasteiger partial charge is 0.339 e. The maximum atomic E-state index is 13.0. The number of hydrogen-bond acceptors (Lipinski definition) is 4. The van der Waals surface area contributed by atoms with Crippen molar-refractivity contribution < 1.29 is 4.79 Å². The molecule has 0 spiro atoms. The lowest BCUT2D eigenvalue weighted by Crippen LogP contribution is -2.33. The molecule has 0 aromatic carbocycles. The summed E-state index contributed by atoms with van der Waals surface area (Å²) >= 11 is 1.66. The van der Waals surface area contributed by atoms with Gasteiger partial charge in [0.2, 0.25) is 0 Å². The Hall–Kier alpha value is -1.72. The minimum Gasteiger partial charge on any atom is -0.339 e. The highest BCUT2D eigenvalue weighted by Gasteiger charge is 2.32. The second kappa shape index (κ2) is 6.65. The number of carbonyl (C=O) groups is 1. The molecule has 2 aromatic heterocycles. The van der Waals surface area contributed by atoms with Crippen LogP contribution in [0.25, 0.3) is 11.3 Å². The monoisotopic (exact) mass is 341 g/mol. The number of aromatic nitrogens is 1. The van der Waals surface area contributed by atoms with Crippen molar-refractivity contribution in [1.29, 1.82) is 0 Å². The molecule has 1 amide bonds. The highest BCUT2D eigenvalue weighted by atomic mass is 32.1. The molecular formula is C19H23N3OS. The number of nitrogens with zero attached hydrogens (tertiary/aromatic N) is 2. The molecule has 2 atom stereocenters. The van der Waals surface area contributed by atoms with E-state index in [4.69, 9.17) is 0 Å². The third-order valence-electron chi connectivity index (χ3n) is 5.44. The minimum absolute atomic E-state index is 0.143. The van der Waals surface area contributed by atoms with Crippen LogP contribution in [0.1, 0.15) is 28.9 Å². The van der Waals surface area contributed by atoms with E-state index in [0.29, 0.717) is 0 Å². The SMILES string of the molecule is Cc1nc(-c2ccsc2)ccc1C(=O)N1CC[C@@H]2CNC[C@@H]2CC1. The molecule has 0 aliphatic carbocycles. The minimum atomic E-state index is 0.143. The third-order valence-corrected chi connectivity index (χ3v) is 6.12. The molecule has 2 saturated heterocycles. The Morgan fingerprint density at radius 1 is 1.21 bits per heavy atom. The number of amides is 1. The number of aryl methyl sites for hydroxylation is 1. The average molecular weight is 341 g/mol. The zero-order valence-corrected chi connectivity index (χ0v) is 14.8. The van der Waals surface area contributed by atoms with Crippen LogP contribution in [-0.2, 0) is 0 Å². The molecule has 0 unspecified atom stereocenters. The molecule has 2 fully saturated rings. The molecule has 24 heavy (non-hydrogen) atoms. The Labute approximate surface area is 146 Å². The number of fused-ring (bicyclic) bond motifs is 1. The molecular weight excluding hydrogens is 318 g/mol. The van der Waals surface area contributed by atoms with Crippen molar-refractivity contribution >= 4 is 17.2 Å². The van der Waals surface area contributed by atoms with Gasteiger partial charge in [-0.15, -0.1) is 0 Å². The summed E-state index contributed by atoms with van der Waals surface area (Å²) in [6.45, 7) is 5.91. The van der Waals surface area contributed by atoms with Gasteiger partial charge < -0.3 is 10.2 Å². The standard InChI is InChI=1S/C19H23N3OS/c1-13-17(2-3-18(21-13)16-6-9-24-12-16)19(23)22-7-4-14-10-20-11-15(14)5-8-22/h2-3,6,9,12,14-15,20H,4-5,7-8,10-11H2,1H3/t14-,15+. The van der Waals surface area contributed by atoms with Gasteiger partial charge in [-0.05, 0) is 68.3 Å². The first-order valence-corrected chi connectivity index (χ1v) is 9.67. The molecule has 2 aromatic rings. The van der Waals surface area contributed by atoms with Gasteiger partial charge >= 0.3 is 0 Å². The van der Waals surface area contributed by atoms with Gasteiger partial charge in [0, 0.05) is 24.0 Å². The number of rotatable bonds is 2. The van der Waals surface area contributed by atoms with Crippen molar-refractivity contribution in [2.75, 3.05) is 26.2 Å². The molecule has 2 aliphatic rings. The average Bonchev–Trinajstić information content (AvgIpc) is 3.23. The maximum absolute atomic E-state index is 13.0. The third kappa shape index (κ3) is 2.98. The topological polar surface area (TPSA) is 45.2 Å². The molecule has 0 radical (unpaired) electrons. The van der Waals surface area contributed by atoms with Crippen LogP contribution in [0, 0.1) is 18.8 Å². The molecule has 0 saturated carbocycles. The number of thiophene rings is 1. The summed E-state index contributed by atoms with van der Waals surface area (Å²) in [5.41, 5.74) is 3.65. The van der Waals surface area contributed by atoms with Crippen molar-refractivity contribution in [1.82, 2.24) is 15.2 Å². The Bertz CT molecular complexity index is 714. The highest BCUT2D eigenvalue weighted by Crippen LogP contribution is 2.28. The predicted octanol–water partition coefficient (Wildman–Crippen LogP) is 3.19. The molecule has 4 nitrogen and oxygen atoms in total. The van der Waals surface area contributed by atoms with Gasteiger partial charge in [-0.25, -0.2) is 0 Å². The van der Waals surface area contributed by atoms with Crippen LogP contribution in [-0.4, -0.2) is 42.0 Å². The molecule has 5 heteroatoms. The molecule has 4 heterocycles. The van der Waals surface area contributed by atoms with Crippen LogP contribution in [0.15, 0.2) is 29.0 Å². The van der Waals surface area contributed by atoms with E-state index in [0.717, 1.165) is 73.4 Å². The molecule has 2 aliphatic heterocycles.